The lowest BCUT2D eigenvalue weighted by molar-refractivity contribution is 0.357. The molecule has 0 fully saturated rings. The number of guanidine groups is 1. The number of para-hydroxylation sites is 1. The molecule has 2 aromatic carbocycles. The Kier molecular flexibility index (Phi) is 6.60. The molecule has 142 valence electrons. The third kappa shape index (κ3) is 4.74. The summed E-state index contributed by atoms with van der Waals surface area (Å²) < 4.78 is 11.4. The van der Waals surface area contributed by atoms with Gasteiger partial charge in [-0.2, -0.15) is 0 Å². The molecule has 1 aliphatic rings. The van der Waals surface area contributed by atoms with Gasteiger partial charge in [0.2, 0.25) is 0 Å². The second kappa shape index (κ2) is 9.12. The predicted molar refractivity (Wildman–Crippen MR) is 119 cm³/mol. The molecule has 0 aliphatic carbocycles. The Morgan fingerprint density at radius 2 is 2.00 bits per heavy atom. The molecule has 5 nitrogen and oxygen atoms in total. The van der Waals surface area contributed by atoms with Gasteiger partial charge in [0.1, 0.15) is 17.1 Å². The lowest BCUT2D eigenvalue weighted by Crippen LogP contribution is -2.37. The number of rotatable bonds is 5. The largest absolute Gasteiger partial charge is 0.493 e. The summed E-state index contributed by atoms with van der Waals surface area (Å²) >= 11 is 0. The third-order valence-corrected chi connectivity index (χ3v) is 4.59. The van der Waals surface area contributed by atoms with Crippen LogP contribution in [0.15, 0.2) is 57.9 Å². The molecule has 2 heterocycles. The van der Waals surface area contributed by atoms with Crippen molar-refractivity contribution in [2.45, 2.75) is 19.4 Å². The minimum atomic E-state index is 0. The molecule has 0 spiro atoms. The number of hydrogen-bond acceptors (Lipinski definition) is 3. The topological polar surface area (TPSA) is 58.8 Å². The normalized spacial score (nSPS) is 13.0. The van der Waals surface area contributed by atoms with Crippen molar-refractivity contribution in [3.63, 3.8) is 0 Å². The number of nitrogens with one attached hydrogen (secondary N) is 2. The number of benzene rings is 2. The Labute approximate surface area is 176 Å². The van der Waals surface area contributed by atoms with Crippen LogP contribution in [0.5, 0.6) is 5.75 Å². The van der Waals surface area contributed by atoms with E-state index >= 15 is 0 Å². The summed E-state index contributed by atoms with van der Waals surface area (Å²) in [6.45, 7) is 2.22. The zero-order valence-corrected chi connectivity index (χ0v) is 17.7. The van der Waals surface area contributed by atoms with Crippen molar-refractivity contribution < 1.29 is 9.15 Å². The fraction of sp³-hybridized carbons (Fsp3) is 0.286. The SMILES string of the molecule is CN=C(NCCc1ccc2c(c1)CCO2)NCc1cc2ccccc2o1.I. The zero-order valence-electron chi connectivity index (χ0n) is 15.3. The van der Waals surface area contributed by atoms with Crippen LogP contribution in [0.4, 0.5) is 0 Å². The first kappa shape index (κ1) is 19.5. The molecule has 0 bridgehead atoms. The minimum Gasteiger partial charge on any atom is -0.493 e. The Balaban J connectivity index is 0.00000210. The predicted octanol–water partition coefficient (Wildman–Crippen LogP) is 3.89. The summed E-state index contributed by atoms with van der Waals surface area (Å²) in [6.07, 6.45) is 1.95. The van der Waals surface area contributed by atoms with Crippen LogP contribution >= 0.6 is 24.0 Å². The quantitative estimate of drug-likeness (QED) is 0.333. The van der Waals surface area contributed by atoms with E-state index in [2.05, 4.69) is 46.0 Å². The number of halogens is 1. The second-order valence-electron chi connectivity index (χ2n) is 6.39. The van der Waals surface area contributed by atoms with Gasteiger partial charge in [-0.1, -0.05) is 30.3 Å². The van der Waals surface area contributed by atoms with E-state index in [4.69, 9.17) is 9.15 Å². The number of fused-ring (bicyclic) bond motifs is 2. The lowest BCUT2D eigenvalue weighted by Gasteiger charge is -2.11. The third-order valence-electron chi connectivity index (χ3n) is 4.59. The standard InChI is InChI=1S/C21H23N3O2.HI/c1-22-21(24-14-18-13-16-4-2-3-5-20(16)26-18)23-10-8-15-6-7-19-17(12-15)9-11-25-19;/h2-7,12-13H,8-11,14H2,1H3,(H2,22,23,24);1H. The number of aliphatic imine (C=N–C) groups is 1. The number of hydrogen-bond donors (Lipinski definition) is 2. The molecule has 2 N–H and O–H groups in total. The van der Waals surface area contributed by atoms with Crippen LogP contribution in [0, 0.1) is 0 Å². The molecular weight excluding hydrogens is 453 g/mol. The van der Waals surface area contributed by atoms with Gasteiger partial charge >= 0.3 is 0 Å². The Morgan fingerprint density at radius 1 is 1.11 bits per heavy atom. The van der Waals surface area contributed by atoms with Crippen LogP contribution in [0.2, 0.25) is 0 Å². The van der Waals surface area contributed by atoms with Crippen molar-refractivity contribution >= 4 is 40.9 Å². The van der Waals surface area contributed by atoms with Gasteiger partial charge in [-0.3, -0.25) is 4.99 Å². The molecule has 4 rings (SSSR count). The average Bonchev–Trinajstić information content (AvgIpc) is 3.30. The van der Waals surface area contributed by atoms with Crippen molar-refractivity contribution in [3.05, 3.63) is 65.4 Å². The van der Waals surface area contributed by atoms with E-state index in [1.54, 1.807) is 7.05 Å². The monoisotopic (exact) mass is 477 g/mol. The van der Waals surface area contributed by atoms with Gasteiger partial charge in [0, 0.05) is 25.4 Å². The summed E-state index contributed by atoms with van der Waals surface area (Å²) in [5.74, 6) is 2.70. The van der Waals surface area contributed by atoms with Crippen LogP contribution in [0.25, 0.3) is 11.0 Å². The van der Waals surface area contributed by atoms with E-state index < -0.39 is 0 Å². The van der Waals surface area contributed by atoms with Gasteiger partial charge in [-0.05, 0) is 35.7 Å². The van der Waals surface area contributed by atoms with Crippen LogP contribution in [-0.4, -0.2) is 26.2 Å². The van der Waals surface area contributed by atoms with Gasteiger partial charge < -0.3 is 19.8 Å². The summed E-state index contributed by atoms with van der Waals surface area (Å²) in [4.78, 5) is 4.28. The highest BCUT2D eigenvalue weighted by molar-refractivity contribution is 14.0. The minimum absolute atomic E-state index is 0. The first-order chi connectivity index (χ1) is 12.8. The van der Waals surface area contributed by atoms with Gasteiger partial charge in [-0.15, -0.1) is 24.0 Å². The van der Waals surface area contributed by atoms with Crippen molar-refractivity contribution in [1.29, 1.82) is 0 Å². The summed E-state index contributed by atoms with van der Waals surface area (Å²) in [5, 5.41) is 7.77. The first-order valence-electron chi connectivity index (χ1n) is 8.98. The van der Waals surface area contributed by atoms with E-state index in [1.807, 2.05) is 18.2 Å². The van der Waals surface area contributed by atoms with Crippen LogP contribution in [-0.2, 0) is 19.4 Å². The number of furan rings is 1. The highest BCUT2D eigenvalue weighted by Crippen LogP contribution is 2.25. The number of ether oxygens (including phenoxy) is 1. The first-order valence-corrected chi connectivity index (χ1v) is 8.98. The molecule has 27 heavy (non-hydrogen) atoms. The number of nitrogens with zero attached hydrogens (tertiary/aromatic N) is 1. The van der Waals surface area contributed by atoms with Gasteiger partial charge in [0.25, 0.3) is 0 Å². The highest BCUT2D eigenvalue weighted by Gasteiger charge is 2.11. The molecule has 1 aromatic heterocycles. The summed E-state index contributed by atoms with van der Waals surface area (Å²) in [7, 11) is 1.78. The molecule has 0 saturated carbocycles. The van der Waals surface area contributed by atoms with Crippen LogP contribution in [0.1, 0.15) is 16.9 Å². The maximum atomic E-state index is 5.82. The lowest BCUT2D eigenvalue weighted by atomic mass is 10.1. The Hall–Kier alpha value is -2.22. The zero-order chi connectivity index (χ0) is 17.8. The molecule has 1 aliphatic heterocycles. The van der Waals surface area contributed by atoms with E-state index in [1.165, 1.54) is 11.1 Å². The van der Waals surface area contributed by atoms with Crippen molar-refractivity contribution in [3.8, 4) is 5.75 Å². The van der Waals surface area contributed by atoms with Crippen molar-refractivity contribution in [1.82, 2.24) is 10.6 Å². The van der Waals surface area contributed by atoms with E-state index in [9.17, 15) is 0 Å². The molecule has 3 aromatic rings. The molecule has 0 radical (unpaired) electrons. The molecule has 0 amide bonds. The molecule has 0 saturated heterocycles. The maximum Gasteiger partial charge on any atom is 0.191 e. The Morgan fingerprint density at radius 3 is 2.85 bits per heavy atom. The van der Waals surface area contributed by atoms with Crippen LogP contribution in [0.3, 0.4) is 0 Å². The van der Waals surface area contributed by atoms with E-state index in [0.29, 0.717) is 6.54 Å². The van der Waals surface area contributed by atoms with Gasteiger partial charge in [0.15, 0.2) is 5.96 Å². The molecule has 0 atom stereocenters. The van der Waals surface area contributed by atoms with E-state index in [-0.39, 0.29) is 24.0 Å². The smallest absolute Gasteiger partial charge is 0.191 e. The Bertz CT molecular complexity index is 903. The van der Waals surface area contributed by atoms with Gasteiger partial charge in [0.05, 0.1) is 13.2 Å². The molecule has 0 unspecified atom stereocenters. The molecular formula is C21H24IN3O2. The summed E-state index contributed by atoms with van der Waals surface area (Å²) in [6, 6.07) is 16.5. The summed E-state index contributed by atoms with van der Waals surface area (Å²) in [5.41, 5.74) is 3.54. The molecule has 6 heteroatoms. The van der Waals surface area contributed by atoms with Crippen LogP contribution < -0.4 is 15.4 Å². The van der Waals surface area contributed by atoms with Crippen molar-refractivity contribution in [2.24, 2.45) is 4.99 Å². The second-order valence-corrected chi connectivity index (χ2v) is 6.39. The van der Waals surface area contributed by atoms with Gasteiger partial charge in [-0.25, -0.2) is 0 Å². The average molecular weight is 477 g/mol. The fourth-order valence-electron chi connectivity index (χ4n) is 3.24. The van der Waals surface area contributed by atoms with E-state index in [0.717, 1.165) is 54.4 Å². The fourth-order valence-corrected chi connectivity index (χ4v) is 3.24. The van der Waals surface area contributed by atoms with Crippen molar-refractivity contribution in [2.75, 3.05) is 20.2 Å². The highest BCUT2D eigenvalue weighted by atomic mass is 127. The maximum absolute atomic E-state index is 5.82.